The first-order chi connectivity index (χ1) is 10.2. The van der Waals surface area contributed by atoms with Crippen LogP contribution in [0.2, 0.25) is 0 Å². The van der Waals surface area contributed by atoms with Crippen molar-refractivity contribution in [2.24, 2.45) is 5.92 Å². The summed E-state index contributed by atoms with van der Waals surface area (Å²) in [5.41, 5.74) is 2.06. The van der Waals surface area contributed by atoms with Gasteiger partial charge in [0.05, 0.1) is 13.0 Å². The van der Waals surface area contributed by atoms with Crippen molar-refractivity contribution >= 4 is 5.97 Å². The molecule has 2 aromatic rings. The van der Waals surface area contributed by atoms with Crippen LogP contribution in [0.4, 0.5) is 0 Å². The Morgan fingerprint density at radius 2 is 1.76 bits per heavy atom. The molecule has 2 aromatic carbocycles. The van der Waals surface area contributed by atoms with Gasteiger partial charge in [-0.2, -0.15) is 0 Å². The molecule has 0 fully saturated rings. The van der Waals surface area contributed by atoms with Gasteiger partial charge in [-0.05, 0) is 29.7 Å². The molecule has 0 saturated carbocycles. The number of benzene rings is 2. The van der Waals surface area contributed by atoms with E-state index in [0.717, 1.165) is 17.5 Å². The molecule has 0 aliphatic rings. The van der Waals surface area contributed by atoms with E-state index in [2.05, 4.69) is 0 Å². The normalized spacial score (nSPS) is 11.8. The quantitative estimate of drug-likeness (QED) is 0.606. The van der Waals surface area contributed by atoms with Gasteiger partial charge in [0.1, 0.15) is 0 Å². The predicted molar refractivity (Wildman–Crippen MR) is 83.5 cm³/mol. The van der Waals surface area contributed by atoms with Crippen LogP contribution in [0, 0.1) is 5.92 Å². The number of ether oxygens (including phenoxy) is 2. The lowest BCUT2D eigenvalue weighted by Crippen LogP contribution is -2.17. The molecule has 21 heavy (non-hydrogen) atoms. The van der Waals surface area contributed by atoms with E-state index in [1.807, 2.05) is 62.4 Å². The van der Waals surface area contributed by atoms with Gasteiger partial charge in [-0.15, -0.1) is 0 Å². The van der Waals surface area contributed by atoms with Crippen molar-refractivity contribution in [1.82, 2.24) is 0 Å². The second kappa shape index (κ2) is 6.93. The molecule has 0 aliphatic carbocycles. The van der Waals surface area contributed by atoms with Gasteiger partial charge >= 0.3 is 5.97 Å². The van der Waals surface area contributed by atoms with E-state index in [1.165, 1.54) is 0 Å². The molecule has 3 nitrogen and oxygen atoms in total. The smallest absolute Gasteiger partial charge is 0.314 e. The highest BCUT2D eigenvalue weighted by atomic mass is 16.6. The molecule has 0 N–H and O–H groups in total. The summed E-state index contributed by atoms with van der Waals surface area (Å²) in [5, 5.41) is 0. The first-order valence-corrected chi connectivity index (χ1v) is 7.10. The molecule has 0 unspecified atom stereocenters. The topological polar surface area (TPSA) is 35.5 Å². The van der Waals surface area contributed by atoms with Crippen molar-refractivity contribution in [3.63, 3.8) is 0 Å². The van der Waals surface area contributed by atoms with Crippen LogP contribution in [0.3, 0.4) is 0 Å². The van der Waals surface area contributed by atoms with E-state index in [9.17, 15) is 4.79 Å². The Hall–Kier alpha value is -2.29. The standard InChI is InChI=1S/C18H20O3/c1-4-13(2)18(19)21-17-12-15(10-11-16(17)20-3)14-8-6-5-7-9-14/h5-13H,4H2,1-3H3/t13-/m0/s1. The summed E-state index contributed by atoms with van der Waals surface area (Å²) in [5.74, 6) is 0.659. The first-order valence-electron chi connectivity index (χ1n) is 7.10. The van der Waals surface area contributed by atoms with E-state index in [-0.39, 0.29) is 11.9 Å². The van der Waals surface area contributed by atoms with Crippen LogP contribution in [0.25, 0.3) is 11.1 Å². The zero-order valence-corrected chi connectivity index (χ0v) is 12.6. The number of esters is 1. The molecule has 0 amide bonds. The monoisotopic (exact) mass is 284 g/mol. The summed E-state index contributed by atoms with van der Waals surface area (Å²) < 4.78 is 10.8. The summed E-state index contributed by atoms with van der Waals surface area (Å²) >= 11 is 0. The summed E-state index contributed by atoms with van der Waals surface area (Å²) in [4.78, 5) is 12.0. The van der Waals surface area contributed by atoms with Crippen LogP contribution in [0.5, 0.6) is 11.5 Å². The van der Waals surface area contributed by atoms with Gasteiger partial charge in [-0.1, -0.05) is 50.2 Å². The highest BCUT2D eigenvalue weighted by Crippen LogP contribution is 2.33. The zero-order chi connectivity index (χ0) is 15.2. The van der Waals surface area contributed by atoms with Gasteiger partial charge in [0.15, 0.2) is 11.5 Å². The minimum Gasteiger partial charge on any atom is -0.493 e. The van der Waals surface area contributed by atoms with E-state index < -0.39 is 0 Å². The number of rotatable bonds is 5. The van der Waals surface area contributed by atoms with Crippen molar-refractivity contribution in [2.45, 2.75) is 20.3 Å². The van der Waals surface area contributed by atoms with Gasteiger partial charge in [0, 0.05) is 0 Å². The highest BCUT2D eigenvalue weighted by Gasteiger charge is 2.16. The van der Waals surface area contributed by atoms with Crippen molar-refractivity contribution in [3.05, 3.63) is 48.5 Å². The molecule has 0 radical (unpaired) electrons. The Morgan fingerprint density at radius 3 is 2.38 bits per heavy atom. The Morgan fingerprint density at radius 1 is 1.05 bits per heavy atom. The summed E-state index contributed by atoms with van der Waals surface area (Å²) in [7, 11) is 1.57. The summed E-state index contributed by atoms with van der Waals surface area (Å²) in [6, 6.07) is 15.6. The molecule has 0 saturated heterocycles. The average molecular weight is 284 g/mol. The summed E-state index contributed by atoms with van der Waals surface area (Å²) in [6.07, 6.45) is 0.750. The zero-order valence-electron chi connectivity index (χ0n) is 12.6. The van der Waals surface area contributed by atoms with Gasteiger partial charge in [0.2, 0.25) is 0 Å². The summed E-state index contributed by atoms with van der Waals surface area (Å²) in [6.45, 7) is 3.82. The van der Waals surface area contributed by atoms with E-state index in [1.54, 1.807) is 7.11 Å². The van der Waals surface area contributed by atoms with Crippen LogP contribution in [0.15, 0.2) is 48.5 Å². The third-order valence-electron chi connectivity index (χ3n) is 3.50. The molecule has 2 rings (SSSR count). The number of carbonyl (C=O) groups is 1. The lowest BCUT2D eigenvalue weighted by atomic mass is 10.1. The molecule has 0 spiro atoms. The molecule has 0 heterocycles. The Kier molecular flexibility index (Phi) is 4.99. The number of carbonyl (C=O) groups excluding carboxylic acids is 1. The molecular weight excluding hydrogens is 264 g/mol. The Balaban J connectivity index is 2.33. The lowest BCUT2D eigenvalue weighted by molar-refractivity contribution is -0.138. The number of hydrogen-bond acceptors (Lipinski definition) is 3. The Bertz CT molecular complexity index is 605. The van der Waals surface area contributed by atoms with E-state index >= 15 is 0 Å². The van der Waals surface area contributed by atoms with Crippen molar-refractivity contribution in [1.29, 1.82) is 0 Å². The van der Waals surface area contributed by atoms with Crippen molar-refractivity contribution in [2.75, 3.05) is 7.11 Å². The molecule has 3 heteroatoms. The largest absolute Gasteiger partial charge is 0.493 e. The van der Waals surface area contributed by atoms with Crippen LogP contribution in [-0.4, -0.2) is 13.1 Å². The molecule has 0 bridgehead atoms. The van der Waals surface area contributed by atoms with Crippen LogP contribution in [-0.2, 0) is 4.79 Å². The average Bonchev–Trinajstić information content (AvgIpc) is 2.54. The fourth-order valence-corrected chi connectivity index (χ4v) is 1.94. The minimum atomic E-state index is -0.235. The minimum absolute atomic E-state index is 0.130. The molecule has 110 valence electrons. The second-order valence-electron chi connectivity index (χ2n) is 4.96. The van der Waals surface area contributed by atoms with Crippen molar-refractivity contribution < 1.29 is 14.3 Å². The maximum Gasteiger partial charge on any atom is 0.314 e. The predicted octanol–water partition coefficient (Wildman–Crippen LogP) is 4.31. The Labute approximate surface area is 125 Å². The maximum absolute atomic E-state index is 12.0. The molecule has 0 aromatic heterocycles. The van der Waals surface area contributed by atoms with E-state index in [4.69, 9.17) is 9.47 Å². The maximum atomic E-state index is 12.0. The lowest BCUT2D eigenvalue weighted by Gasteiger charge is -2.13. The molecule has 0 aliphatic heterocycles. The van der Waals surface area contributed by atoms with Gasteiger partial charge in [-0.3, -0.25) is 4.79 Å². The van der Waals surface area contributed by atoms with Gasteiger partial charge in [0.25, 0.3) is 0 Å². The van der Waals surface area contributed by atoms with Crippen LogP contribution >= 0.6 is 0 Å². The van der Waals surface area contributed by atoms with E-state index in [0.29, 0.717) is 11.5 Å². The van der Waals surface area contributed by atoms with Gasteiger partial charge < -0.3 is 9.47 Å². The fraction of sp³-hybridized carbons (Fsp3) is 0.278. The highest BCUT2D eigenvalue weighted by molar-refractivity contribution is 5.77. The van der Waals surface area contributed by atoms with Crippen LogP contribution < -0.4 is 9.47 Å². The third kappa shape index (κ3) is 3.63. The number of hydrogen-bond donors (Lipinski definition) is 0. The molecular formula is C18H20O3. The SMILES string of the molecule is CC[C@H](C)C(=O)Oc1cc(-c2ccccc2)ccc1OC. The fourth-order valence-electron chi connectivity index (χ4n) is 1.94. The third-order valence-corrected chi connectivity index (χ3v) is 3.50. The first kappa shape index (κ1) is 15.1. The van der Waals surface area contributed by atoms with Gasteiger partial charge in [-0.25, -0.2) is 0 Å². The second-order valence-corrected chi connectivity index (χ2v) is 4.96. The van der Waals surface area contributed by atoms with Crippen LogP contribution in [0.1, 0.15) is 20.3 Å². The van der Waals surface area contributed by atoms with Crippen molar-refractivity contribution in [3.8, 4) is 22.6 Å². The number of methoxy groups -OCH3 is 1. The molecule has 1 atom stereocenters.